The summed E-state index contributed by atoms with van der Waals surface area (Å²) >= 11 is 0. The predicted octanol–water partition coefficient (Wildman–Crippen LogP) is 2.00. The molecule has 0 aliphatic rings. The van der Waals surface area contributed by atoms with Crippen LogP contribution in [0.1, 0.15) is 33.6 Å². The average Bonchev–Trinajstić information content (AvgIpc) is 2.00. The van der Waals surface area contributed by atoms with Gasteiger partial charge in [-0.15, -0.1) is 0 Å². The van der Waals surface area contributed by atoms with Crippen LogP contribution in [0.25, 0.3) is 0 Å². The quantitative estimate of drug-likeness (QED) is 0.318. The molecular weight excluding hydrogens is 196 g/mol. The second kappa shape index (κ2) is 7.04. The molecule has 0 saturated carbocycles. The lowest BCUT2D eigenvalue weighted by Gasteiger charge is -2.03. The molecule has 4 heteroatoms. The predicted molar refractivity (Wildman–Crippen MR) is 56.4 cm³/mol. The fraction of sp³-hybridized carbons (Fsp3) is 0.636. The molecule has 0 radical (unpaired) electrons. The summed E-state index contributed by atoms with van der Waals surface area (Å²) in [5.74, 6) is -0.696. The highest BCUT2D eigenvalue weighted by Crippen LogP contribution is 2.07. The van der Waals surface area contributed by atoms with E-state index in [0.29, 0.717) is 6.42 Å². The zero-order valence-electron chi connectivity index (χ0n) is 9.45. The number of ether oxygens (including phenoxy) is 1. The molecule has 0 aromatic rings. The van der Waals surface area contributed by atoms with Crippen LogP contribution in [0.2, 0.25) is 0 Å². The van der Waals surface area contributed by atoms with E-state index in [0.717, 1.165) is 6.08 Å². The molecule has 0 saturated heterocycles. The van der Waals surface area contributed by atoms with Gasteiger partial charge in [0.15, 0.2) is 5.78 Å². The standard InChI is InChI=1S/C11H18O4/c1-4-15-11(14)7-10(13)6-9(12)5-8(2)3/h6,8,12H,4-5,7H2,1-3H3/b9-6+. The minimum atomic E-state index is -0.559. The summed E-state index contributed by atoms with van der Waals surface area (Å²) in [5, 5.41) is 9.32. The molecule has 0 aromatic carbocycles. The van der Waals surface area contributed by atoms with Crippen LogP contribution < -0.4 is 0 Å². The van der Waals surface area contributed by atoms with Gasteiger partial charge in [0.2, 0.25) is 0 Å². The number of hydrogen-bond donors (Lipinski definition) is 1. The van der Waals surface area contributed by atoms with Gasteiger partial charge in [-0.1, -0.05) is 13.8 Å². The maximum absolute atomic E-state index is 11.2. The zero-order valence-corrected chi connectivity index (χ0v) is 9.45. The van der Waals surface area contributed by atoms with Gasteiger partial charge in [-0.05, 0) is 12.8 Å². The topological polar surface area (TPSA) is 63.6 Å². The number of hydrogen-bond acceptors (Lipinski definition) is 4. The van der Waals surface area contributed by atoms with Gasteiger partial charge in [0, 0.05) is 12.5 Å². The van der Waals surface area contributed by atoms with Crippen LogP contribution in [0.5, 0.6) is 0 Å². The first-order chi connectivity index (χ1) is 6.95. The maximum Gasteiger partial charge on any atom is 0.313 e. The summed E-state index contributed by atoms with van der Waals surface area (Å²) in [4.78, 5) is 22.1. The summed E-state index contributed by atoms with van der Waals surface area (Å²) < 4.78 is 4.60. The third kappa shape index (κ3) is 7.73. The van der Waals surface area contributed by atoms with Crippen molar-refractivity contribution in [2.24, 2.45) is 5.92 Å². The normalized spacial score (nSPS) is 11.6. The van der Waals surface area contributed by atoms with E-state index in [9.17, 15) is 14.7 Å². The summed E-state index contributed by atoms with van der Waals surface area (Å²) in [6.07, 6.45) is 1.22. The summed E-state index contributed by atoms with van der Waals surface area (Å²) in [5.41, 5.74) is 0. The van der Waals surface area contributed by atoms with Crippen molar-refractivity contribution in [1.29, 1.82) is 0 Å². The molecule has 0 amide bonds. The molecule has 0 aliphatic carbocycles. The van der Waals surface area contributed by atoms with Gasteiger partial charge in [0.25, 0.3) is 0 Å². The summed E-state index contributed by atoms with van der Waals surface area (Å²) in [6, 6.07) is 0. The Morgan fingerprint density at radius 2 is 2.00 bits per heavy atom. The molecular formula is C11H18O4. The SMILES string of the molecule is CCOC(=O)CC(=O)/C=C(/O)CC(C)C. The van der Waals surface area contributed by atoms with Crippen LogP contribution in [-0.4, -0.2) is 23.5 Å². The third-order valence-electron chi connectivity index (χ3n) is 1.57. The van der Waals surface area contributed by atoms with Crippen molar-refractivity contribution in [3.63, 3.8) is 0 Å². The van der Waals surface area contributed by atoms with Gasteiger partial charge in [0.1, 0.15) is 6.42 Å². The van der Waals surface area contributed by atoms with E-state index in [1.807, 2.05) is 13.8 Å². The fourth-order valence-corrected chi connectivity index (χ4v) is 1.07. The third-order valence-corrected chi connectivity index (χ3v) is 1.57. The number of rotatable bonds is 6. The number of allylic oxidation sites excluding steroid dienone is 2. The van der Waals surface area contributed by atoms with Crippen LogP contribution >= 0.6 is 0 Å². The smallest absolute Gasteiger partial charge is 0.313 e. The highest BCUT2D eigenvalue weighted by atomic mass is 16.5. The second-order valence-electron chi connectivity index (χ2n) is 3.68. The minimum Gasteiger partial charge on any atom is -0.512 e. The van der Waals surface area contributed by atoms with Crippen LogP contribution in [0.15, 0.2) is 11.8 Å². The molecule has 4 nitrogen and oxygen atoms in total. The number of carbonyl (C=O) groups is 2. The fourth-order valence-electron chi connectivity index (χ4n) is 1.07. The van der Waals surface area contributed by atoms with Crippen molar-refractivity contribution in [2.45, 2.75) is 33.6 Å². The van der Waals surface area contributed by atoms with E-state index in [4.69, 9.17) is 0 Å². The molecule has 0 heterocycles. The van der Waals surface area contributed by atoms with Gasteiger partial charge >= 0.3 is 5.97 Å². The molecule has 0 atom stereocenters. The molecule has 0 aliphatic heterocycles. The van der Waals surface area contributed by atoms with E-state index in [1.54, 1.807) is 6.92 Å². The first kappa shape index (κ1) is 13.7. The lowest BCUT2D eigenvalue weighted by Crippen LogP contribution is -2.10. The Balaban J connectivity index is 4.06. The largest absolute Gasteiger partial charge is 0.512 e. The van der Waals surface area contributed by atoms with E-state index < -0.39 is 11.8 Å². The Kier molecular flexibility index (Phi) is 6.42. The maximum atomic E-state index is 11.2. The Hall–Kier alpha value is -1.32. The van der Waals surface area contributed by atoms with Gasteiger partial charge < -0.3 is 9.84 Å². The van der Waals surface area contributed by atoms with Gasteiger partial charge in [0.05, 0.1) is 12.4 Å². The highest BCUT2D eigenvalue weighted by Gasteiger charge is 2.09. The molecule has 0 aromatic heterocycles. The van der Waals surface area contributed by atoms with Crippen molar-refractivity contribution >= 4 is 11.8 Å². The van der Waals surface area contributed by atoms with Gasteiger partial charge in [-0.3, -0.25) is 9.59 Å². The lowest BCUT2D eigenvalue weighted by molar-refractivity contribution is -0.144. The molecule has 0 spiro atoms. The van der Waals surface area contributed by atoms with Crippen molar-refractivity contribution < 1.29 is 19.4 Å². The van der Waals surface area contributed by atoms with Crippen LogP contribution in [0.3, 0.4) is 0 Å². The Bertz CT molecular complexity index is 253. The monoisotopic (exact) mass is 214 g/mol. The van der Waals surface area contributed by atoms with E-state index in [1.165, 1.54) is 0 Å². The van der Waals surface area contributed by atoms with Crippen LogP contribution in [-0.2, 0) is 14.3 Å². The zero-order chi connectivity index (χ0) is 11.8. The Morgan fingerprint density at radius 3 is 2.47 bits per heavy atom. The minimum absolute atomic E-state index is 0.0132. The molecule has 0 unspecified atom stereocenters. The van der Waals surface area contributed by atoms with Crippen LogP contribution in [0.4, 0.5) is 0 Å². The van der Waals surface area contributed by atoms with E-state index >= 15 is 0 Å². The van der Waals surface area contributed by atoms with E-state index in [2.05, 4.69) is 4.74 Å². The molecule has 15 heavy (non-hydrogen) atoms. The molecule has 0 bridgehead atoms. The van der Waals surface area contributed by atoms with Crippen molar-refractivity contribution in [3.05, 3.63) is 11.8 Å². The summed E-state index contributed by atoms with van der Waals surface area (Å²) in [6.45, 7) is 5.79. The van der Waals surface area contributed by atoms with Gasteiger partial charge in [-0.2, -0.15) is 0 Å². The number of esters is 1. The first-order valence-corrected chi connectivity index (χ1v) is 5.03. The van der Waals surface area contributed by atoms with E-state index in [-0.39, 0.29) is 24.7 Å². The second-order valence-corrected chi connectivity index (χ2v) is 3.68. The van der Waals surface area contributed by atoms with Crippen LogP contribution in [0, 0.1) is 5.92 Å². The molecule has 0 rings (SSSR count). The number of ketones is 1. The summed E-state index contributed by atoms with van der Waals surface area (Å²) in [7, 11) is 0. The molecule has 0 fully saturated rings. The van der Waals surface area contributed by atoms with Crippen molar-refractivity contribution in [1.82, 2.24) is 0 Å². The van der Waals surface area contributed by atoms with Crippen molar-refractivity contribution in [3.8, 4) is 0 Å². The van der Waals surface area contributed by atoms with Gasteiger partial charge in [-0.25, -0.2) is 0 Å². The Morgan fingerprint density at radius 1 is 1.40 bits per heavy atom. The first-order valence-electron chi connectivity index (χ1n) is 5.03. The number of carbonyl (C=O) groups excluding carboxylic acids is 2. The molecule has 1 N–H and O–H groups in total. The lowest BCUT2D eigenvalue weighted by atomic mass is 10.1. The molecule has 86 valence electrons. The highest BCUT2D eigenvalue weighted by molar-refractivity contribution is 6.02. The Labute approximate surface area is 89.9 Å². The number of aliphatic hydroxyl groups excluding tert-OH is 1. The number of aliphatic hydroxyl groups is 1. The van der Waals surface area contributed by atoms with Crippen molar-refractivity contribution in [2.75, 3.05) is 6.61 Å². The average molecular weight is 214 g/mol.